The monoisotopic (exact) mass is 388 g/mol. The molecule has 0 aromatic heterocycles. The molecule has 0 aliphatic carbocycles. The second kappa shape index (κ2) is 17.6. The van der Waals surface area contributed by atoms with Crippen molar-refractivity contribution in [3.8, 4) is 0 Å². The molecular weight excluding hydrogens is 348 g/mol. The lowest BCUT2D eigenvalue weighted by Gasteiger charge is -2.08. The number of nitrogens with zero attached hydrogens (tertiary/aromatic N) is 2. The molecular formula is C21H41ClN2O2. The molecule has 0 aromatic rings. The van der Waals surface area contributed by atoms with Crippen LogP contribution < -0.4 is 12.4 Å². The number of unbranched alkanes of at least 4 members (excludes halogenated alkanes) is 12. The van der Waals surface area contributed by atoms with Crippen LogP contribution in [-0.4, -0.2) is 48.7 Å². The van der Waals surface area contributed by atoms with Gasteiger partial charge in [0, 0.05) is 6.42 Å². The highest BCUT2D eigenvalue weighted by atomic mass is 35.5. The Balaban J connectivity index is 0.00000625. The van der Waals surface area contributed by atoms with Gasteiger partial charge in [0.1, 0.15) is 13.1 Å². The maximum Gasteiger partial charge on any atom is 0.308 e. The van der Waals surface area contributed by atoms with E-state index in [0.717, 1.165) is 25.9 Å². The number of ether oxygens (including phenoxy) is 1. The topological polar surface area (TPSA) is 32.5 Å². The summed E-state index contributed by atoms with van der Waals surface area (Å²) in [6.07, 6.45) is 19.9. The summed E-state index contributed by atoms with van der Waals surface area (Å²) in [7, 11) is 2.04. The van der Waals surface area contributed by atoms with Gasteiger partial charge in [-0.1, -0.05) is 84.0 Å². The fourth-order valence-electron chi connectivity index (χ4n) is 3.29. The fourth-order valence-corrected chi connectivity index (χ4v) is 3.29. The molecule has 1 heterocycles. The van der Waals surface area contributed by atoms with Crippen molar-refractivity contribution in [2.24, 2.45) is 0 Å². The molecule has 5 heteroatoms. The van der Waals surface area contributed by atoms with Gasteiger partial charge in [-0.25, -0.2) is 4.90 Å². The summed E-state index contributed by atoms with van der Waals surface area (Å²) >= 11 is 0. The molecule has 0 spiro atoms. The lowest BCUT2D eigenvalue weighted by Crippen LogP contribution is -3.00. The highest BCUT2D eigenvalue weighted by Crippen LogP contribution is 2.13. The minimum Gasteiger partial charge on any atom is -1.00 e. The van der Waals surface area contributed by atoms with E-state index in [2.05, 4.69) is 11.5 Å². The Morgan fingerprint density at radius 3 is 1.88 bits per heavy atom. The SMILES string of the molecule is CCCCCCCCCCCCCCCC(=O)OCN1C=[N+](C)CC1.[Cl-]. The number of carbonyl (C=O) groups is 1. The molecule has 1 aliphatic rings. The van der Waals surface area contributed by atoms with E-state index in [1.807, 2.05) is 18.3 Å². The quantitative estimate of drug-likeness (QED) is 0.230. The summed E-state index contributed by atoms with van der Waals surface area (Å²) in [4.78, 5) is 13.7. The Hall–Kier alpha value is -0.770. The first-order valence-electron chi connectivity index (χ1n) is 10.7. The number of carbonyl (C=O) groups excluding carboxylic acids is 1. The fraction of sp³-hybridized carbons (Fsp3) is 0.905. The second-order valence-electron chi connectivity index (χ2n) is 7.55. The Labute approximate surface area is 167 Å². The first-order valence-corrected chi connectivity index (χ1v) is 10.7. The van der Waals surface area contributed by atoms with Crippen LogP contribution in [0.2, 0.25) is 0 Å². The predicted octanol–water partition coefficient (Wildman–Crippen LogP) is 1.96. The summed E-state index contributed by atoms with van der Waals surface area (Å²) in [6.45, 7) is 4.63. The van der Waals surface area contributed by atoms with Crippen LogP contribution in [0.4, 0.5) is 0 Å². The average Bonchev–Trinajstić information content (AvgIpc) is 3.02. The highest BCUT2D eigenvalue weighted by molar-refractivity contribution is 5.69. The molecule has 0 amide bonds. The number of esters is 1. The lowest BCUT2D eigenvalue weighted by atomic mass is 10.0. The third-order valence-corrected chi connectivity index (χ3v) is 4.98. The van der Waals surface area contributed by atoms with Gasteiger partial charge in [0.2, 0.25) is 13.1 Å². The molecule has 0 aromatic carbocycles. The van der Waals surface area contributed by atoms with Crippen LogP contribution in [-0.2, 0) is 9.53 Å². The second-order valence-corrected chi connectivity index (χ2v) is 7.55. The third kappa shape index (κ3) is 14.4. The number of hydrogen-bond acceptors (Lipinski definition) is 3. The maximum atomic E-state index is 11.7. The highest BCUT2D eigenvalue weighted by Gasteiger charge is 2.17. The normalized spacial score (nSPS) is 13.5. The molecule has 1 aliphatic heterocycles. The first-order chi connectivity index (χ1) is 12.2. The lowest BCUT2D eigenvalue weighted by molar-refractivity contribution is -0.482. The number of rotatable bonds is 16. The molecule has 0 atom stereocenters. The molecule has 26 heavy (non-hydrogen) atoms. The largest absolute Gasteiger partial charge is 1.00 e. The molecule has 0 radical (unpaired) electrons. The van der Waals surface area contributed by atoms with E-state index < -0.39 is 0 Å². The van der Waals surface area contributed by atoms with E-state index in [4.69, 9.17) is 4.74 Å². The van der Waals surface area contributed by atoms with Crippen LogP contribution in [0, 0.1) is 0 Å². The van der Waals surface area contributed by atoms with E-state index >= 15 is 0 Å². The van der Waals surface area contributed by atoms with E-state index in [0.29, 0.717) is 13.2 Å². The van der Waals surface area contributed by atoms with Gasteiger partial charge in [-0.3, -0.25) is 9.37 Å². The van der Waals surface area contributed by atoms with Gasteiger partial charge in [-0.2, -0.15) is 0 Å². The van der Waals surface area contributed by atoms with Crippen molar-refractivity contribution in [2.75, 3.05) is 26.9 Å². The standard InChI is InChI=1S/C21H41N2O2.ClH/c1-3-4-5-6-7-8-9-10-11-12-13-14-15-16-21(24)25-20-23-18-17-22(2)19-23;/h19H,3-18,20H2,1-2H3;1H/q+1;/p-1. The van der Waals surface area contributed by atoms with Gasteiger partial charge in [0.25, 0.3) is 0 Å². The zero-order valence-corrected chi connectivity index (χ0v) is 17.9. The Morgan fingerprint density at radius 2 is 1.42 bits per heavy atom. The zero-order valence-electron chi connectivity index (χ0n) is 17.2. The van der Waals surface area contributed by atoms with Crippen LogP contribution in [0.3, 0.4) is 0 Å². The van der Waals surface area contributed by atoms with Crippen LogP contribution in [0.15, 0.2) is 0 Å². The maximum absolute atomic E-state index is 11.7. The first kappa shape index (κ1) is 25.2. The molecule has 0 bridgehead atoms. The van der Waals surface area contributed by atoms with E-state index in [1.165, 1.54) is 70.6 Å². The molecule has 154 valence electrons. The summed E-state index contributed by atoms with van der Waals surface area (Å²) in [5.41, 5.74) is 0. The summed E-state index contributed by atoms with van der Waals surface area (Å²) in [5.74, 6) is -0.0500. The van der Waals surface area contributed by atoms with E-state index in [1.54, 1.807) is 0 Å². The van der Waals surface area contributed by atoms with Crippen molar-refractivity contribution in [3.63, 3.8) is 0 Å². The van der Waals surface area contributed by atoms with Crippen molar-refractivity contribution >= 4 is 12.3 Å². The Bertz CT molecular complexity index is 375. The number of hydrogen-bond donors (Lipinski definition) is 0. The van der Waals surface area contributed by atoms with Crippen LogP contribution in [0.5, 0.6) is 0 Å². The average molecular weight is 389 g/mol. The Kier molecular flexibility index (Phi) is 17.1. The number of likely N-dealkylation sites (N-methyl/N-ethyl adjacent to an activating group) is 1. The third-order valence-electron chi connectivity index (χ3n) is 4.98. The van der Waals surface area contributed by atoms with Gasteiger partial charge < -0.3 is 17.1 Å². The van der Waals surface area contributed by atoms with E-state index in [-0.39, 0.29) is 18.4 Å². The molecule has 0 N–H and O–H groups in total. The molecule has 0 saturated heterocycles. The minimum atomic E-state index is -0.0500. The Morgan fingerprint density at radius 1 is 0.923 bits per heavy atom. The smallest absolute Gasteiger partial charge is 0.308 e. The van der Waals surface area contributed by atoms with Gasteiger partial charge in [-0.15, -0.1) is 0 Å². The summed E-state index contributed by atoms with van der Waals surface area (Å²) < 4.78 is 7.42. The van der Waals surface area contributed by atoms with Gasteiger partial charge >= 0.3 is 5.97 Å². The summed E-state index contributed by atoms with van der Waals surface area (Å²) in [6, 6.07) is 0. The van der Waals surface area contributed by atoms with Gasteiger partial charge in [0.15, 0.2) is 0 Å². The molecule has 0 fully saturated rings. The van der Waals surface area contributed by atoms with Crippen molar-refractivity contribution in [2.45, 2.75) is 96.8 Å². The van der Waals surface area contributed by atoms with Crippen LogP contribution in [0.25, 0.3) is 0 Å². The van der Waals surface area contributed by atoms with Gasteiger partial charge in [0.05, 0.1) is 7.05 Å². The molecule has 1 rings (SSSR count). The minimum absolute atomic E-state index is 0. The van der Waals surface area contributed by atoms with Crippen molar-refractivity contribution < 1.29 is 26.5 Å². The van der Waals surface area contributed by atoms with Crippen molar-refractivity contribution in [1.29, 1.82) is 0 Å². The van der Waals surface area contributed by atoms with Gasteiger partial charge in [-0.05, 0) is 6.42 Å². The van der Waals surface area contributed by atoms with Crippen LogP contribution >= 0.6 is 0 Å². The summed E-state index contributed by atoms with van der Waals surface area (Å²) in [5, 5.41) is 0. The molecule has 4 nitrogen and oxygen atoms in total. The van der Waals surface area contributed by atoms with Crippen molar-refractivity contribution in [1.82, 2.24) is 4.90 Å². The molecule has 0 unspecified atom stereocenters. The molecule has 0 saturated carbocycles. The predicted molar refractivity (Wildman–Crippen MR) is 105 cm³/mol. The zero-order chi connectivity index (χ0) is 18.2. The number of halogens is 1. The van der Waals surface area contributed by atoms with Crippen LogP contribution in [0.1, 0.15) is 96.8 Å². The van der Waals surface area contributed by atoms with E-state index in [9.17, 15) is 4.79 Å². The van der Waals surface area contributed by atoms with Crippen molar-refractivity contribution in [3.05, 3.63) is 0 Å².